The minimum atomic E-state index is -0.218. The van der Waals surface area contributed by atoms with Gasteiger partial charge >= 0.3 is 0 Å². The largest absolute Gasteiger partial charge is 0.389 e. The molecule has 0 saturated heterocycles. The van der Waals surface area contributed by atoms with Gasteiger partial charge in [0, 0.05) is 0 Å². The van der Waals surface area contributed by atoms with Crippen LogP contribution in [-0.2, 0) is 0 Å². The number of hydrogen-bond acceptors (Lipinski definition) is 1. The zero-order valence-electron chi connectivity index (χ0n) is 6.52. The van der Waals surface area contributed by atoms with Crippen LogP contribution in [0.2, 0.25) is 0 Å². The Hall–Kier alpha value is -0.300. The van der Waals surface area contributed by atoms with Gasteiger partial charge in [0.05, 0.1) is 6.10 Å². The zero-order valence-corrected chi connectivity index (χ0v) is 6.52. The van der Waals surface area contributed by atoms with Crippen molar-refractivity contribution in [2.24, 2.45) is 0 Å². The van der Waals surface area contributed by atoms with Gasteiger partial charge in [-0.15, -0.1) is 0 Å². The number of hydrogen-bond donors (Lipinski definition) is 1. The molecule has 0 aliphatic carbocycles. The number of allylic oxidation sites excluding steroid dienone is 1. The predicted octanol–water partition coefficient (Wildman–Crippen LogP) is 2.11. The molecular weight excluding hydrogens is 112 g/mol. The Bertz CT molecular complexity index is 94.7. The fourth-order valence-electron chi connectivity index (χ4n) is 0.780. The van der Waals surface area contributed by atoms with Crippen LogP contribution in [0.15, 0.2) is 11.6 Å². The molecule has 0 spiro atoms. The molecule has 0 aliphatic heterocycles. The first kappa shape index (κ1) is 8.70. The van der Waals surface area contributed by atoms with Crippen molar-refractivity contribution in [3.05, 3.63) is 11.6 Å². The van der Waals surface area contributed by atoms with E-state index in [9.17, 15) is 5.11 Å². The minimum absolute atomic E-state index is 0.218. The molecule has 9 heavy (non-hydrogen) atoms. The average Bonchev–Trinajstić information content (AvgIpc) is 1.87. The summed E-state index contributed by atoms with van der Waals surface area (Å²) in [6.45, 7) is 6.03. The summed E-state index contributed by atoms with van der Waals surface area (Å²) in [5, 5.41) is 9.19. The van der Waals surface area contributed by atoms with Gasteiger partial charge in [0.2, 0.25) is 0 Å². The summed E-state index contributed by atoms with van der Waals surface area (Å²) in [6, 6.07) is 0. The van der Waals surface area contributed by atoms with Gasteiger partial charge < -0.3 is 5.11 Å². The standard InChI is InChI=1S/C8H16O/c1-4-6-7(3)8(9)5-2/h6,8-9H,4-5H2,1-3H3/t8-/m0/s1. The molecule has 0 rings (SSSR count). The normalized spacial score (nSPS) is 15.8. The molecule has 1 N–H and O–H groups in total. The van der Waals surface area contributed by atoms with Crippen molar-refractivity contribution in [3.63, 3.8) is 0 Å². The molecule has 0 heterocycles. The quantitative estimate of drug-likeness (QED) is 0.577. The molecule has 0 aliphatic rings. The molecule has 0 unspecified atom stereocenters. The average molecular weight is 128 g/mol. The van der Waals surface area contributed by atoms with Gasteiger partial charge in [-0.05, 0) is 25.3 Å². The van der Waals surface area contributed by atoms with Crippen molar-refractivity contribution in [2.45, 2.75) is 39.7 Å². The predicted molar refractivity (Wildman–Crippen MR) is 40.3 cm³/mol. The fourth-order valence-corrected chi connectivity index (χ4v) is 0.780. The Morgan fingerprint density at radius 2 is 2.11 bits per heavy atom. The van der Waals surface area contributed by atoms with Crippen molar-refractivity contribution in [2.75, 3.05) is 0 Å². The molecule has 1 heteroatoms. The van der Waals surface area contributed by atoms with E-state index in [0.717, 1.165) is 18.4 Å². The van der Waals surface area contributed by atoms with E-state index in [1.54, 1.807) is 0 Å². The highest BCUT2D eigenvalue weighted by Gasteiger charge is 1.99. The van der Waals surface area contributed by atoms with Crippen molar-refractivity contribution in [3.8, 4) is 0 Å². The zero-order chi connectivity index (χ0) is 7.28. The first-order chi connectivity index (χ1) is 4.22. The topological polar surface area (TPSA) is 20.2 Å². The van der Waals surface area contributed by atoms with Crippen molar-refractivity contribution < 1.29 is 5.11 Å². The van der Waals surface area contributed by atoms with Gasteiger partial charge in [0.25, 0.3) is 0 Å². The minimum Gasteiger partial charge on any atom is -0.389 e. The summed E-state index contributed by atoms with van der Waals surface area (Å²) in [4.78, 5) is 0. The van der Waals surface area contributed by atoms with Gasteiger partial charge in [-0.2, -0.15) is 0 Å². The molecule has 0 aromatic carbocycles. The Kier molecular flexibility index (Phi) is 4.41. The molecule has 0 saturated carbocycles. The van der Waals surface area contributed by atoms with Crippen LogP contribution in [0.4, 0.5) is 0 Å². The molecule has 0 bridgehead atoms. The molecule has 0 aromatic heterocycles. The van der Waals surface area contributed by atoms with E-state index in [2.05, 4.69) is 13.0 Å². The lowest BCUT2D eigenvalue weighted by molar-refractivity contribution is 0.206. The molecule has 0 aromatic rings. The molecule has 1 nitrogen and oxygen atoms in total. The maximum Gasteiger partial charge on any atom is 0.0744 e. The first-order valence-corrected chi connectivity index (χ1v) is 3.57. The second-order valence-corrected chi connectivity index (χ2v) is 2.28. The Morgan fingerprint density at radius 3 is 2.44 bits per heavy atom. The van der Waals surface area contributed by atoms with Crippen molar-refractivity contribution >= 4 is 0 Å². The maximum absolute atomic E-state index is 9.19. The van der Waals surface area contributed by atoms with E-state index in [0.29, 0.717) is 0 Å². The van der Waals surface area contributed by atoms with Crippen LogP contribution >= 0.6 is 0 Å². The van der Waals surface area contributed by atoms with Crippen LogP contribution in [-0.4, -0.2) is 11.2 Å². The van der Waals surface area contributed by atoms with Gasteiger partial charge in [-0.25, -0.2) is 0 Å². The van der Waals surface area contributed by atoms with Gasteiger partial charge in [0.1, 0.15) is 0 Å². The van der Waals surface area contributed by atoms with E-state index in [1.165, 1.54) is 0 Å². The van der Waals surface area contributed by atoms with Gasteiger partial charge in [-0.3, -0.25) is 0 Å². The van der Waals surface area contributed by atoms with E-state index in [4.69, 9.17) is 0 Å². The summed E-state index contributed by atoms with van der Waals surface area (Å²) in [6.07, 6.45) is 3.68. The monoisotopic (exact) mass is 128 g/mol. The number of rotatable bonds is 3. The van der Waals surface area contributed by atoms with E-state index < -0.39 is 0 Å². The number of aliphatic hydroxyl groups is 1. The highest BCUT2D eigenvalue weighted by Crippen LogP contribution is 2.04. The molecule has 54 valence electrons. The lowest BCUT2D eigenvalue weighted by Crippen LogP contribution is -2.05. The first-order valence-electron chi connectivity index (χ1n) is 3.57. The summed E-state index contributed by atoms with van der Waals surface area (Å²) >= 11 is 0. The Morgan fingerprint density at radius 1 is 1.56 bits per heavy atom. The smallest absolute Gasteiger partial charge is 0.0744 e. The SMILES string of the molecule is CCC=C(C)[C@@H](O)CC. The van der Waals surface area contributed by atoms with Crippen LogP contribution in [0, 0.1) is 0 Å². The van der Waals surface area contributed by atoms with Crippen LogP contribution < -0.4 is 0 Å². The van der Waals surface area contributed by atoms with E-state index in [-0.39, 0.29) is 6.10 Å². The fraction of sp³-hybridized carbons (Fsp3) is 0.750. The highest BCUT2D eigenvalue weighted by atomic mass is 16.3. The summed E-state index contributed by atoms with van der Waals surface area (Å²) in [5.41, 5.74) is 1.10. The molecule has 0 amide bonds. The Labute approximate surface area is 57.4 Å². The lowest BCUT2D eigenvalue weighted by Gasteiger charge is -2.06. The second-order valence-electron chi connectivity index (χ2n) is 2.28. The van der Waals surface area contributed by atoms with Crippen molar-refractivity contribution in [1.82, 2.24) is 0 Å². The Balaban J connectivity index is 3.70. The van der Waals surface area contributed by atoms with Gasteiger partial charge in [0.15, 0.2) is 0 Å². The van der Waals surface area contributed by atoms with Crippen LogP contribution in [0.3, 0.4) is 0 Å². The summed E-state index contributed by atoms with van der Waals surface area (Å²) in [7, 11) is 0. The summed E-state index contributed by atoms with van der Waals surface area (Å²) < 4.78 is 0. The molecule has 1 atom stereocenters. The molecule has 0 radical (unpaired) electrons. The van der Waals surface area contributed by atoms with Crippen molar-refractivity contribution in [1.29, 1.82) is 0 Å². The maximum atomic E-state index is 9.19. The third-order valence-corrected chi connectivity index (χ3v) is 1.44. The van der Waals surface area contributed by atoms with Crippen LogP contribution in [0.5, 0.6) is 0 Å². The van der Waals surface area contributed by atoms with E-state index >= 15 is 0 Å². The summed E-state index contributed by atoms with van der Waals surface area (Å²) in [5.74, 6) is 0. The van der Waals surface area contributed by atoms with Crippen LogP contribution in [0.25, 0.3) is 0 Å². The second kappa shape index (κ2) is 4.57. The third kappa shape index (κ3) is 3.31. The highest BCUT2D eigenvalue weighted by molar-refractivity contribution is 5.03. The number of aliphatic hydroxyl groups excluding tert-OH is 1. The lowest BCUT2D eigenvalue weighted by atomic mass is 10.1. The van der Waals surface area contributed by atoms with Gasteiger partial charge in [-0.1, -0.05) is 19.9 Å². The third-order valence-electron chi connectivity index (χ3n) is 1.44. The van der Waals surface area contributed by atoms with E-state index in [1.807, 2.05) is 13.8 Å². The molecule has 0 fully saturated rings. The van der Waals surface area contributed by atoms with Crippen LogP contribution in [0.1, 0.15) is 33.6 Å². The molecular formula is C8H16O.